The number of nitrogens with two attached hydrogens (primary N) is 1. The molecule has 0 bridgehead atoms. The summed E-state index contributed by atoms with van der Waals surface area (Å²) in [4.78, 5) is 53.4. The summed E-state index contributed by atoms with van der Waals surface area (Å²) < 4.78 is 20.9. The lowest BCUT2D eigenvalue weighted by Crippen LogP contribution is -2.50. The number of nitrogens with one attached hydrogen (secondary N) is 1. The molecule has 2 saturated heterocycles. The third-order valence-electron chi connectivity index (χ3n) is 17.2. The standard InChI is InChI=1S/C59H66ClN13O6S2/c1-33(35-10-12-37(13-11-35)50-34(2)64-32-80-50)65-55(75)43-24-38(74)28-72(43)56(76)51(57(3,4)5)73-29-42(68-70-73)36-16-22-71(23-17-36)30-58(20-21-58)31-77-46-25-47(78-39-14-15-45(60)63-27-39)67-54(66-46)49-40-8-6-18-59(52(40)79-69-49)19-7-9-44-48(59)41(26-61)53(62)81-44/h10-15,25,27,29,32-33,36,38,43,51,74H,6-9,16-24,28,30-31,62H2,1-5H3,(H,65,75)/t33-,38+,43-,51+,59-/m0/s1. The number of aryl methyl sites for hydroxylation is 2. The fourth-order valence-corrected chi connectivity index (χ4v) is 14.9. The first kappa shape index (κ1) is 54.7. The number of benzene rings is 1. The number of nitriles is 1. The number of thiophene rings is 1. The van der Waals surface area contributed by atoms with E-state index in [9.17, 15) is 20.0 Å². The monoisotopic (exact) mass is 1150 g/mol. The molecule has 5 aliphatic rings. The highest BCUT2D eigenvalue weighted by atomic mass is 35.5. The van der Waals surface area contributed by atoms with Crippen LogP contribution in [0.2, 0.25) is 5.15 Å². The summed E-state index contributed by atoms with van der Waals surface area (Å²) in [5.74, 6) is 1.71. The van der Waals surface area contributed by atoms with E-state index in [0.29, 0.717) is 51.9 Å². The Balaban J connectivity index is 0.699. The number of halogens is 1. The van der Waals surface area contributed by atoms with Crippen molar-refractivity contribution in [1.82, 2.24) is 55.2 Å². The summed E-state index contributed by atoms with van der Waals surface area (Å²) in [5, 5.41) is 39.1. The maximum absolute atomic E-state index is 14.7. The number of fused-ring (bicyclic) bond motifs is 4. The zero-order chi connectivity index (χ0) is 56.4. The van der Waals surface area contributed by atoms with E-state index in [1.807, 2.05) is 70.6 Å². The molecule has 6 aromatic heterocycles. The minimum atomic E-state index is -0.841. The minimum Gasteiger partial charge on any atom is -0.477 e. The molecule has 0 radical (unpaired) electrons. The van der Waals surface area contributed by atoms with Crippen LogP contribution in [0.25, 0.3) is 22.0 Å². The van der Waals surface area contributed by atoms with Crippen molar-refractivity contribution < 1.29 is 28.7 Å². The van der Waals surface area contributed by atoms with E-state index in [1.54, 1.807) is 34.2 Å². The Morgan fingerprint density at radius 1 is 1.05 bits per heavy atom. The number of hydrogen-bond donors (Lipinski definition) is 3. The van der Waals surface area contributed by atoms with Crippen LogP contribution >= 0.6 is 34.3 Å². The number of pyridine rings is 1. The van der Waals surface area contributed by atoms with Crippen molar-refractivity contribution in [3.8, 4) is 45.5 Å². The van der Waals surface area contributed by atoms with Gasteiger partial charge in [0.2, 0.25) is 23.6 Å². The molecular weight excluding hydrogens is 1090 g/mol. The van der Waals surface area contributed by atoms with Gasteiger partial charge in [-0.05, 0) is 125 Å². The molecule has 5 atom stereocenters. The van der Waals surface area contributed by atoms with Crippen LogP contribution < -0.4 is 20.5 Å². The smallest absolute Gasteiger partial charge is 0.248 e. The Kier molecular flexibility index (Phi) is 14.7. The Labute approximate surface area is 483 Å². The number of hydrogen-bond acceptors (Lipinski definition) is 18. The molecule has 19 nitrogen and oxygen atoms in total. The van der Waals surface area contributed by atoms with E-state index < -0.39 is 29.0 Å². The number of ether oxygens (including phenoxy) is 2. The number of β-amino-alcohol motifs (C(OH)–C–C–N with tert-alkyl or cyclic N) is 1. The molecule has 81 heavy (non-hydrogen) atoms. The van der Waals surface area contributed by atoms with Gasteiger partial charge >= 0.3 is 0 Å². The van der Waals surface area contributed by atoms with Gasteiger partial charge < -0.3 is 40.0 Å². The van der Waals surface area contributed by atoms with Crippen LogP contribution in [0.15, 0.2) is 64.9 Å². The number of piperidine rings is 1. The molecule has 1 aromatic carbocycles. The first-order chi connectivity index (χ1) is 39.0. The molecule has 3 fully saturated rings. The van der Waals surface area contributed by atoms with E-state index in [-0.39, 0.29) is 48.0 Å². The second-order valence-corrected chi connectivity index (χ2v) is 26.3. The summed E-state index contributed by atoms with van der Waals surface area (Å²) in [6, 6.07) is 13.6. The molecule has 4 N–H and O–H groups in total. The highest BCUT2D eigenvalue weighted by molar-refractivity contribution is 7.16. The maximum Gasteiger partial charge on any atom is 0.248 e. The van der Waals surface area contributed by atoms with Gasteiger partial charge in [0.25, 0.3) is 0 Å². The van der Waals surface area contributed by atoms with Gasteiger partial charge in [-0.2, -0.15) is 15.2 Å². The SMILES string of the molecule is Cc1ncsc1-c1ccc([C@H](C)NC(=O)[C@@H]2C[C@@H](O)CN2C(=O)[C@@H](n2cc(C3CCN(CC4(COc5cc(Oc6ccc(Cl)nc6)nc(-c6noc7c6CCC[C@@]76CCCc7sc(N)c(C#N)c76)n5)CC4)CC3)nn2)C(C)(C)C)cc1. The van der Waals surface area contributed by atoms with Crippen LogP contribution in [0.3, 0.4) is 0 Å². The van der Waals surface area contributed by atoms with Gasteiger partial charge in [-0.15, -0.1) is 27.8 Å². The summed E-state index contributed by atoms with van der Waals surface area (Å²) in [5.41, 5.74) is 13.9. The lowest BCUT2D eigenvalue weighted by Gasteiger charge is -2.39. The predicted molar refractivity (Wildman–Crippen MR) is 306 cm³/mol. The topological polar surface area (TPSA) is 249 Å². The second kappa shape index (κ2) is 21.8. The number of likely N-dealkylation sites (tertiary alicyclic amines) is 2. The second-order valence-electron chi connectivity index (χ2n) is 23.9. The first-order valence-corrected chi connectivity index (χ1v) is 30.1. The van der Waals surface area contributed by atoms with Gasteiger partial charge in [0, 0.05) is 47.5 Å². The summed E-state index contributed by atoms with van der Waals surface area (Å²) in [7, 11) is 0. The van der Waals surface area contributed by atoms with Crippen LogP contribution in [0, 0.1) is 29.1 Å². The Morgan fingerprint density at radius 2 is 1.81 bits per heavy atom. The number of anilines is 1. The lowest BCUT2D eigenvalue weighted by molar-refractivity contribution is -0.144. The van der Waals surface area contributed by atoms with Crippen molar-refractivity contribution in [3.63, 3.8) is 0 Å². The maximum atomic E-state index is 14.7. The molecule has 8 heterocycles. The average Bonchev–Trinajstić information content (AvgIpc) is 4.17. The number of aromatic nitrogens is 8. The van der Waals surface area contributed by atoms with Gasteiger partial charge in [-0.1, -0.05) is 67.0 Å². The van der Waals surface area contributed by atoms with Gasteiger partial charge in [-0.3, -0.25) is 9.59 Å². The summed E-state index contributed by atoms with van der Waals surface area (Å²) in [6.45, 7) is 12.9. The minimum absolute atomic E-state index is 0.0519. The zero-order valence-electron chi connectivity index (χ0n) is 46.2. The van der Waals surface area contributed by atoms with Crippen molar-refractivity contribution in [2.24, 2.45) is 10.8 Å². The van der Waals surface area contributed by atoms with E-state index in [0.717, 1.165) is 127 Å². The van der Waals surface area contributed by atoms with Crippen molar-refractivity contribution in [3.05, 3.63) is 110 Å². The van der Waals surface area contributed by atoms with Crippen LogP contribution in [0.1, 0.15) is 148 Å². The van der Waals surface area contributed by atoms with E-state index >= 15 is 0 Å². The largest absolute Gasteiger partial charge is 0.477 e. The molecule has 22 heteroatoms. The van der Waals surface area contributed by atoms with Crippen molar-refractivity contribution >= 4 is 51.1 Å². The molecule has 3 aliphatic carbocycles. The Bertz CT molecular complexity index is 3510. The number of nitrogens with zero attached hydrogens (tertiary/aromatic N) is 11. The van der Waals surface area contributed by atoms with Crippen molar-refractivity contribution in [1.29, 1.82) is 5.26 Å². The fraction of sp³-hybridized carbons (Fsp3) is 0.492. The number of aliphatic hydroxyl groups is 1. The number of aliphatic hydroxyl groups excluding tert-OH is 1. The number of nitrogen functional groups attached to an aromatic ring is 1. The summed E-state index contributed by atoms with van der Waals surface area (Å²) in [6.07, 6.45) is 11.6. The van der Waals surface area contributed by atoms with E-state index in [2.05, 4.69) is 41.7 Å². The molecule has 0 unspecified atom stereocenters. The third kappa shape index (κ3) is 10.8. The van der Waals surface area contributed by atoms with E-state index in [4.69, 9.17) is 41.3 Å². The van der Waals surface area contributed by atoms with Crippen LogP contribution in [-0.2, 0) is 27.8 Å². The average molecular weight is 1150 g/mol. The highest BCUT2D eigenvalue weighted by Crippen LogP contribution is 2.55. The lowest BCUT2D eigenvalue weighted by atomic mass is 9.63. The number of rotatable bonds is 15. The van der Waals surface area contributed by atoms with Crippen LogP contribution in [-0.4, -0.2) is 112 Å². The number of carbonyl (C=O) groups excluding carboxylic acids is 2. The molecule has 422 valence electrons. The van der Waals surface area contributed by atoms with Gasteiger partial charge in [0.15, 0.2) is 17.3 Å². The number of thiazole rings is 1. The Morgan fingerprint density at radius 3 is 2.52 bits per heavy atom. The first-order valence-electron chi connectivity index (χ1n) is 28.0. The molecule has 1 saturated carbocycles. The third-order valence-corrected chi connectivity index (χ3v) is 19.5. The van der Waals surface area contributed by atoms with Crippen LogP contribution in [0.4, 0.5) is 5.00 Å². The normalized spacial score (nSPS) is 21.5. The van der Waals surface area contributed by atoms with E-state index in [1.165, 1.54) is 22.4 Å². The molecular formula is C59H66ClN13O6S2. The molecule has 2 amide bonds. The number of amides is 2. The van der Waals surface area contributed by atoms with Crippen molar-refractivity contribution in [2.45, 2.75) is 141 Å². The van der Waals surface area contributed by atoms with Gasteiger partial charge in [0.05, 0.1) is 63.8 Å². The molecule has 12 rings (SSSR count). The van der Waals surface area contributed by atoms with Crippen LogP contribution in [0.5, 0.6) is 17.5 Å². The van der Waals surface area contributed by atoms with Gasteiger partial charge in [-0.25, -0.2) is 14.6 Å². The predicted octanol–water partition coefficient (Wildman–Crippen LogP) is 9.93. The Hall–Kier alpha value is -6.83. The molecule has 2 aliphatic heterocycles. The van der Waals surface area contributed by atoms with Gasteiger partial charge in [0.1, 0.15) is 34.1 Å². The summed E-state index contributed by atoms with van der Waals surface area (Å²) >= 11 is 9.22. The fourth-order valence-electron chi connectivity index (χ4n) is 12.9. The quantitative estimate of drug-likeness (QED) is 0.0808. The van der Waals surface area contributed by atoms with Crippen molar-refractivity contribution in [2.75, 3.05) is 38.5 Å². The molecule has 7 aromatic rings. The molecule has 1 spiro atoms. The zero-order valence-corrected chi connectivity index (χ0v) is 48.5. The number of carbonyl (C=O) groups is 2. The highest BCUT2D eigenvalue weighted by Gasteiger charge is 2.50.